The van der Waals surface area contributed by atoms with Crippen molar-refractivity contribution >= 4 is 16.0 Å². The lowest BCUT2D eigenvalue weighted by atomic mass is 10.0. The number of methoxy groups -OCH3 is 1. The number of sulfonamides is 1. The topological polar surface area (TPSA) is 93.1 Å². The molecule has 0 bridgehead atoms. The molecular weight excluding hydrogens is 262 g/mol. The van der Waals surface area contributed by atoms with E-state index in [9.17, 15) is 13.2 Å². The number of hydrogen-bond donors (Lipinski definition) is 1. The predicted molar refractivity (Wildman–Crippen MR) is 63.8 cm³/mol. The van der Waals surface area contributed by atoms with E-state index in [-0.39, 0.29) is 32.1 Å². The molecule has 1 fully saturated rings. The zero-order valence-electron chi connectivity index (χ0n) is 10.5. The zero-order valence-corrected chi connectivity index (χ0v) is 11.4. The van der Waals surface area contributed by atoms with Crippen LogP contribution in [-0.2, 0) is 24.3 Å². The third kappa shape index (κ3) is 3.41. The van der Waals surface area contributed by atoms with Gasteiger partial charge < -0.3 is 14.6 Å². The van der Waals surface area contributed by atoms with Gasteiger partial charge in [-0.05, 0) is 0 Å². The van der Waals surface area contributed by atoms with Crippen LogP contribution in [0.3, 0.4) is 0 Å². The molecule has 0 spiro atoms. The Hall–Kier alpha value is -0.700. The highest BCUT2D eigenvalue weighted by Gasteiger charge is 2.41. The molecular formula is C10H19NO6S. The van der Waals surface area contributed by atoms with Gasteiger partial charge >= 0.3 is 5.97 Å². The molecule has 1 aliphatic heterocycles. The van der Waals surface area contributed by atoms with E-state index in [2.05, 4.69) is 0 Å². The lowest BCUT2D eigenvalue weighted by Crippen LogP contribution is -2.47. The normalized spacial score (nSPS) is 24.6. The predicted octanol–water partition coefficient (Wildman–Crippen LogP) is -0.616. The first kappa shape index (κ1) is 15.4. The summed E-state index contributed by atoms with van der Waals surface area (Å²) in [4.78, 5) is 11.0. The summed E-state index contributed by atoms with van der Waals surface area (Å²) in [6, 6.07) is -0.630. The summed E-state index contributed by atoms with van der Waals surface area (Å²) in [6.07, 6.45) is 0. The number of aliphatic carboxylic acids is 1. The summed E-state index contributed by atoms with van der Waals surface area (Å²) in [5.41, 5.74) is 0. The molecule has 0 saturated carbocycles. The molecule has 0 amide bonds. The van der Waals surface area contributed by atoms with E-state index in [1.165, 1.54) is 11.4 Å². The number of carboxylic acid groups (broad SMARTS) is 1. The zero-order chi connectivity index (χ0) is 13.8. The Labute approximate surface area is 107 Å². The molecule has 1 rings (SSSR count). The average molecular weight is 281 g/mol. The molecule has 0 aromatic rings. The molecule has 1 saturated heterocycles. The molecule has 106 valence electrons. The average Bonchev–Trinajstić information content (AvgIpc) is 2.76. The smallest absolute Gasteiger partial charge is 0.310 e. The number of carboxylic acids is 1. The third-order valence-corrected chi connectivity index (χ3v) is 4.88. The summed E-state index contributed by atoms with van der Waals surface area (Å²) in [5.74, 6) is -1.99. The van der Waals surface area contributed by atoms with E-state index < -0.39 is 28.0 Å². The summed E-state index contributed by atoms with van der Waals surface area (Å²) >= 11 is 0. The monoisotopic (exact) mass is 281 g/mol. The maximum Gasteiger partial charge on any atom is 0.310 e. The molecule has 0 aromatic heterocycles. The molecule has 0 aromatic carbocycles. The standard InChI is InChI=1S/C10H19NO6S/c1-3-11(18(14,15)5-4-16-2)9-7-17-6-8(9)10(12)13/h8-9H,3-7H2,1-2H3,(H,12,13). The minimum atomic E-state index is -3.52. The number of nitrogens with zero attached hydrogens (tertiary/aromatic N) is 1. The van der Waals surface area contributed by atoms with Crippen molar-refractivity contribution in [2.75, 3.05) is 39.2 Å². The van der Waals surface area contributed by atoms with Crippen molar-refractivity contribution in [3.05, 3.63) is 0 Å². The molecule has 8 heteroatoms. The minimum Gasteiger partial charge on any atom is -0.481 e. The lowest BCUT2D eigenvalue weighted by Gasteiger charge is -2.28. The largest absolute Gasteiger partial charge is 0.481 e. The van der Waals surface area contributed by atoms with Gasteiger partial charge in [-0.2, -0.15) is 4.31 Å². The van der Waals surface area contributed by atoms with Crippen LogP contribution in [0.2, 0.25) is 0 Å². The van der Waals surface area contributed by atoms with E-state index in [1.54, 1.807) is 6.92 Å². The minimum absolute atomic E-state index is 0.0519. The maximum absolute atomic E-state index is 12.1. The number of hydrogen-bond acceptors (Lipinski definition) is 5. The van der Waals surface area contributed by atoms with Crippen molar-refractivity contribution in [2.24, 2.45) is 5.92 Å². The highest BCUT2D eigenvalue weighted by Crippen LogP contribution is 2.22. The second-order valence-electron chi connectivity index (χ2n) is 4.06. The fourth-order valence-corrected chi connectivity index (χ4v) is 3.63. The summed E-state index contributed by atoms with van der Waals surface area (Å²) in [6.45, 7) is 2.17. The van der Waals surface area contributed by atoms with Gasteiger partial charge in [0.1, 0.15) is 0 Å². The van der Waals surface area contributed by atoms with Crippen molar-refractivity contribution < 1.29 is 27.8 Å². The molecule has 7 nitrogen and oxygen atoms in total. The SMILES string of the molecule is CCN(C1COCC1C(=O)O)S(=O)(=O)CCOC. The Morgan fingerprint density at radius 3 is 2.67 bits per heavy atom. The van der Waals surface area contributed by atoms with Gasteiger partial charge in [0.2, 0.25) is 10.0 Å². The molecule has 0 aliphatic carbocycles. The van der Waals surface area contributed by atoms with Gasteiger partial charge in [0, 0.05) is 13.7 Å². The van der Waals surface area contributed by atoms with Crippen molar-refractivity contribution in [3.63, 3.8) is 0 Å². The van der Waals surface area contributed by atoms with Crippen molar-refractivity contribution in [1.29, 1.82) is 0 Å². The molecule has 2 atom stereocenters. The Morgan fingerprint density at radius 2 is 2.17 bits per heavy atom. The molecule has 1 aliphatic rings. The Kier molecular flexibility index (Phi) is 5.51. The van der Waals surface area contributed by atoms with Gasteiger partial charge in [-0.1, -0.05) is 6.92 Å². The summed E-state index contributed by atoms with van der Waals surface area (Å²) in [7, 11) is -2.10. The van der Waals surface area contributed by atoms with Crippen LogP contribution in [0.25, 0.3) is 0 Å². The molecule has 1 N–H and O–H groups in total. The van der Waals surface area contributed by atoms with Gasteiger partial charge in [0.05, 0.1) is 37.5 Å². The van der Waals surface area contributed by atoms with Crippen molar-refractivity contribution in [2.45, 2.75) is 13.0 Å². The fraction of sp³-hybridized carbons (Fsp3) is 0.900. The van der Waals surface area contributed by atoms with Gasteiger partial charge in [-0.3, -0.25) is 4.79 Å². The van der Waals surface area contributed by atoms with Crippen LogP contribution in [0.4, 0.5) is 0 Å². The van der Waals surface area contributed by atoms with E-state index in [0.717, 1.165) is 0 Å². The summed E-state index contributed by atoms with van der Waals surface area (Å²) in [5, 5.41) is 9.04. The Balaban J connectivity index is 2.85. The van der Waals surface area contributed by atoms with Crippen LogP contribution >= 0.6 is 0 Å². The fourth-order valence-electron chi connectivity index (χ4n) is 2.01. The molecule has 18 heavy (non-hydrogen) atoms. The van der Waals surface area contributed by atoms with Gasteiger partial charge in [0.25, 0.3) is 0 Å². The first-order valence-electron chi connectivity index (χ1n) is 5.73. The number of ether oxygens (including phenoxy) is 2. The Morgan fingerprint density at radius 1 is 1.50 bits per heavy atom. The molecule has 2 unspecified atom stereocenters. The second-order valence-corrected chi connectivity index (χ2v) is 6.10. The van der Waals surface area contributed by atoms with E-state index in [0.29, 0.717) is 0 Å². The number of rotatable bonds is 7. The van der Waals surface area contributed by atoms with Crippen molar-refractivity contribution in [1.82, 2.24) is 4.31 Å². The first-order chi connectivity index (χ1) is 8.44. The first-order valence-corrected chi connectivity index (χ1v) is 7.34. The molecule has 0 radical (unpaired) electrons. The third-order valence-electron chi connectivity index (χ3n) is 2.95. The van der Waals surface area contributed by atoms with Crippen LogP contribution in [-0.4, -0.2) is 69.1 Å². The van der Waals surface area contributed by atoms with Crippen LogP contribution in [0.15, 0.2) is 0 Å². The Bertz CT molecular complexity index is 382. The van der Waals surface area contributed by atoms with Gasteiger partial charge in [-0.15, -0.1) is 0 Å². The highest BCUT2D eigenvalue weighted by atomic mass is 32.2. The van der Waals surface area contributed by atoms with Crippen LogP contribution < -0.4 is 0 Å². The highest BCUT2D eigenvalue weighted by molar-refractivity contribution is 7.89. The lowest BCUT2D eigenvalue weighted by molar-refractivity contribution is -0.142. The van der Waals surface area contributed by atoms with E-state index in [1.807, 2.05) is 0 Å². The van der Waals surface area contributed by atoms with Crippen LogP contribution in [0, 0.1) is 5.92 Å². The quantitative estimate of drug-likeness (QED) is 0.669. The van der Waals surface area contributed by atoms with E-state index >= 15 is 0 Å². The molecule has 1 heterocycles. The van der Waals surface area contributed by atoms with Crippen molar-refractivity contribution in [3.8, 4) is 0 Å². The van der Waals surface area contributed by atoms with Gasteiger partial charge in [0.15, 0.2) is 0 Å². The number of carbonyl (C=O) groups is 1. The van der Waals surface area contributed by atoms with Crippen LogP contribution in [0.5, 0.6) is 0 Å². The second kappa shape index (κ2) is 6.46. The van der Waals surface area contributed by atoms with Crippen LogP contribution in [0.1, 0.15) is 6.92 Å². The van der Waals surface area contributed by atoms with Gasteiger partial charge in [-0.25, -0.2) is 8.42 Å². The maximum atomic E-state index is 12.1. The number of likely N-dealkylation sites (N-methyl/N-ethyl adjacent to an activating group) is 1. The van der Waals surface area contributed by atoms with E-state index in [4.69, 9.17) is 14.6 Å². The summed E-state index contributed by atoms with van der Waals surface area (Å²) < 4.78 is 35.2.